The van der Waals surface area contributed by atoms with Gasteiger partial charge in [0.05, 0.1) is 6.20 Å². The molecule has 0 saturated heterocycles. The molecular formula is C14H16N4O5S. The molecule has 10 heteroatoms. The van der Waals surface area contributed by atoms with Gasteiger partial charge in [0.1, 0.15) is 18.1 Å². The number of fused-ring (bicyclic) bond motifs is 1. The first-order valence-electron chi connectivity index (χ1n) is 7.16. The van der Waals surface area contributed by atoms with Gasteiger partial charge in [-0.2, -0.15) is 5.10 Å². The number of hydrogen-bond donors (Lipinski definition) is 2. The molecule has 3 rings (SSSR count). The van der Waals surface area contributed by atoms with Crippen LogP contribution in [0.25, 0.3) is 0 Å². The second-order valence-corrected chi connectivity index (χ2v) is 6.70. The summed E-state index contributed by atoms with van der Waals surface area (Å²) in [5, 5.41) is 11.6. The van der Waals surface area contributed by atoms with Crippen LogP contribution in [0.3, 0.4) is 0 Å². The van der Waals surface area contributed by atoms with Crippen molar-refractivity contribution in [3.05, 3.63) is 30.6 Å². The summed E-state index contributed by atoms with van der Waals surface area (Å²) >= 11 is 0. The Bertz CT molecular complexity index is 862. The fourth-order valence-electron chi connectivity index (χ4n) is 2.17. The normalized spacial score (nSPS) is 13.5. The number of sulfonamides is 1. The van der Waals surface area contributed by atoms with Gasteiger partial charge < -0.3 is 14.8 Å². The molecule has 1 aliphatic rings. The Hall–Kier alpha value is -2.59. The molecule has 1 aromatic carbocycles. The number of amides is 1. The van der Waals surface area contributed by atoms with Crippen molar-refractivity contribution in [1.29, 1.82) is 0 Å². The molecule has 24 heavy (non-hydrogen) atoms. The monoisotopic (exact) mass is 352 g/mol. The Balaban J connectivity index is 1.57. The number of nitrogens with one attached hydrogen (secondary N) is 1. The predicted octanol–water partition coefficient (Wildman–Crippen LogP) is 0.330. The van der Waals surface area contributed by atoms with Gasteiger partial charge in [-0.05, 0) is 12.1 Å². The Morgan fingerprint density at radius 3 is 2.75 bits per heavy atom. The van der Waals surface area contributed by atoms with E-state index >= 15 is 0 Å². The Kier molecular flexibility index (Phi) is 4.40. The predicted molar refractivity (Wildman–Crippen MR) is 84.3 cm³/mol. The van der Waals surface area contributed by atoms with E-state index in [2.05, 4.69) is 10.4 Å². The van der Waals surface area contributed by atoms with Gasteiger partial charge in [-0.1, -0.05) is 0 Å². The second kappa shape index (κ2) is 6.49. The highest BCUT2D eigenvalue weighted by Crippen LogP contribution is 2.32. The number of aromatic nitrogens is 2. The number of aryl methyl sites for hydroxylation is 1. The zero-order valence-corrected chi connectivity index (χ0v) is 13.5. The van der Waals surface area contributed by atoms with Crippen LogP contribution in [0.1, 0.15) is 6.42 Å². The molecule has 0 aliphatic carbocycles. The molecular weight excluding hydrogens is 336 g/mol. The molecule has 0 fully saturated rings. The number of nitrogens with zero attached hydrogens (tertiary/aromatic N) is 2. The van der Waals surface area contributed by atoms with E-state index in [1.54, 1.807) is 18.2 Å². The smallest absolute Gasteiger partial charge is 0.241 e. The van der Waals surface area contributed by atoms with E-state index in [0.29, 0.717) is 30.4 Å². The van der Waals surface area contributed by atoms with Crippen molar-refractivity contribution in [2.75, 3.05) is 18.5 Å². The number of carbonyl (C=O) groups excluding carboxylic acids is 1. The molecule has 1 amide bonds. The number of hydrogen-bond acceptors (Lipinski definition) is 6. The van der Waals surface area contributed by atoms with Crippen LogP contribution < -0.4 is 19.9 Å². The van der Waals surface area contributed by atoms with E-state index in [9.17, 15) is 13.2 Å². The first-order chi connectivity index (χ1) is 11.4. The van der Waals surface area contributed by atoms with Gasteiger partial charge in [-0.25, -0.2) is 13.6 Å². The summed E-state index contributed by atoms with van der Waals surface area (Å²) in [4.78, 5) is 11.9. The molecule has 2 aromatic rings. The number of nitrogens with two attached hydrogens (primary N) is 1. The maximum atomic E-state index is 12.0. The summed E-state index contributed by atoms with van der Waals surface area (Å²) in [7, 11) is -3.79. The minimum absolute atomic E-state index is 0.0882. The lowest BCUT2D eigenvalue weighted by Crippen LogP contribution is -2.17. The molecule has 3 N–H and O–H groups in total. The molecule has 0 bridgehead atoms. The average Bonchev–Trinajstić information content (AvgIpc) is 3.02. The molecule has 1 aromatic heterocycles. The highest BCUT2D eigenvalue weighted by atomic mass is 32.2. The Morgan fingerprint density at radius 2 is 2.04 bits per heavy atom. The largest absolute Gasteiger partial charge is 0.486 e. The highest BCUT2D eigenvalue weighted by molar-refractivity contribution is 7.89. The quantitative estimate of drug-likeness (QED) is 0.799. The third kappa shape index (κ3) is 3.84. The van der Waals surface area contributed by atoms with Crippen molar-refractivity contribution in [3.8, 4) is 11.5 Å². The van der Waals surface area contributed by atoms with Gasteiger partial charge in [0, 0.05) is 30.9 Å². The fourth-order valence-corrected chi connectivity index (χ4v) is 2.64. The van der Waals surface area contributed by atoms with Gasteiger partial charge in [-0.3, -0.25) is 9.48 Å². The summed E-state index contributed by atoms with van der Waals surface area (Å²) < 4.78 is 34.5. The first-order valence-corrected chi connectivity index (χ1v) is 8.71. The fraction of sp³-hybridized carbons (Fsp3) is 0.286. The molecule has 2 heterocycles. The number of ether oxygens (including phenoxy) is 2. The Morgan fingerprint density at radius 1 is 1.29 bits per heavy atom. The number of primary sulfonamides is 1. The van der Waals surface area contributed by atoms with Crippen LogP contribution in [0.4, 0.5) is 5.69 Å². The van der Waals surface area contributed by atoms with Crippen molar-refractivity contribution in [2.45, 2.75) is 17.9 Å². The molecule has 0 saturated carbocycles. The number of carbonyl (C=O) groups is 1. The molecule has 0 radical (unpaired) electrons. The maximum Gasteiger partial charge on any atom is 0.241 e. The van der Waals surface area contributed by atoms with Crippen LogP contribution in [0, 0.1) is 0 Å². The Labute approximate surface area is 138 Å². The summed E-state index contributed by atoms with van der Waals surface area (Å²) in [6.45, 7) is 1.20. The van der Waals surface area contributed by atoms with Crippen molar-refractivity contribution in [3.63, 3.8) is 0 Å². The summed E-state index contributed by atoms with van der Waals surface area (Å²) in [5.41, 5.74) is 0.593. The third-order valence-corrected chi connectivity index (χ3v) is 4.20. The molecule has 1 aliphatic heterocycles. The van der Waals surface area contributed by atoms with Crippen LogP contribution in [-0.4, -0.2) is 37.3 Å². The van der Waals surface area contributed by atoms with Crippen molar-refractivity contribution in [2.24, 2.45) is 5.14 Å². The van der Waals surface area contributed by atoms with Gasteiger partial charge >= 0.3 is 0 Å². The number of anilines is 1. The third-order valence-electron chi connectivity index (χ3n) is 3.33. The maximum absolute atomic E-state index is 12.0. The lowest BCUT2D eigenvalue weighted by molar-refractivity contribution is -0.116. The van der Waals surface area contributed by atoms with Crippen LogP contribution in [0.5, 0.6) is 11.5 Å². The first kappa shape index (κ1) is 16.3. The summed E-state index contributed by atoms with van der Waals surface area (Å²) in [6.07, 6.45) is 2.56. The molecule has 9 nitrogen and oxygen atoms in total. The number of benzene rings is 1. The average molecular weight is 352 g/mol. The van der Waals surface area contributed by atoms with E-state index in [0.717, 1.165) is 6.20 Å². The van der Waals surface area contributed by atoms with Crippen molar-refractivity contribution >= 4 is 21.6 Å². The van der Waals surface area contributed by atoms with Crippen molar-refractivity contribution in [1.82, 2.24) is 9.78 Å². The molecule has 0 unspecified atom stereocenters. The van der Waals surface area contributed by atoms with Crippen molar-refractivity contribution < 1.29 is 22.7 Å². The topological polar surface area (TPSA) is 126 Å². The minimum atomic E-state index is -3.79. The lowest BCUT2D eigenvalue weighted by atomic mass is 10.2. The van der Waals surface area contributed by atoms with Crippen LogP contribution in [-0.2, 0) is 21.4 Å². The molecule has 128 valence electrons. The van der Waals surface area contributed by atoms with Gasteiger partial charge in [0.25, 0.3) is 0 Å². The SMILES string of the molecule is NS(=O)(=O)c1cnn(CCC(=O)Nc2ccc3c(c2)OCCO3)c1. The minimum Gasteiger partial charge on any atom is -0.486 e. The zero-order chi connectivity index (χ0) is 17.2. The molecule has 0 atom stereocenters. The second-order valence-electron chi connectivity index (χ2n) is 5.14. The standard InChI is InChI=1S/C14H16N4O5S/c15-24(20,21)11-8-16-18(9-11)4-3-14(19)17-10-1-2-12-13(7-10)23-6-5-22-12/h1-2,7-9H,3-6H2,(H,17,19)(H2,15,20,21). The zero-order valence-electron chi connectivity index (χ0n) is 12.6. The van der Waals surface area contributed by atoms with Crippen LogP contribution >= 0.6 is 0 Å². The van der Waals surface area contributed by atoms with Gasteiger partial charge in [-0.15, -0.1) is 0 Å². The highest BCUT2D eigenvalue weighted by Gasteiger charge is 2.14. The van der Waals surface area contributed by atoms with Gasteiger partial charge in [0.2, 0.25) is 15.9 Å². The molecule has 0 spiro atoms. The van der Waals surface area contributed by atoms with E-state index in [1.807, 2.05) is 0 Å². The van der Waals surface area contributed by atoms with Crippen LogP contribution in [0.15, 0.2) is 35.5 Å². The van der Waals surface area contributed by atoms with Gasteiger partial charge in [0.15, 0.2) is 11.5 Å². The van der Waals surface area contributed by atoms with Crippen LogP contribution in [0.2, 0.25) is 0 Å². The summed E-state index contributed by atoms with van der Waals surface area (Å²) in [5.74, 6) is 0.995. The van der Waals surface area contributed by atoms with E-state index in [4.69, 9.17) is 14.6 Å². The lowest BCUT2D eigenvalue weighted by Gasteiger charge is -2.19. The van der Waals surface area contributed by atoms with E-state index < -0.39 is 10.0 Å². The number of rotatable bonds is 5. The summed E-state index contributed by atoms with van der Waals surface area (Å²) in [6, 6.07) is 5.15. The van der Waals surface area contributed by atoms with E-state index in [-0.39, 0.29) is 23.8 Å². The van der Waals surface area contributed by atoms with E-state index in [1.165, 1.54) is 10.9 Å².